The lowest BCUT2D eigenvalue weighted by molar-refractivity contribution is -0.135. The fourth-order valence-corrected chi connectivity index (χ4v) is 4.97. The smallest absolute Gasteiger partial charge is 0.271 e. The predicted octanol–water partition coefficient (Wildman–Crippen LogP) is 4.73. The van der Waals surface area contributed by atoms with Crippen molar-refractivity contribution >= 4 is 40.4 Å². The fraction of sp³-hybridized carbons (Fsp3) is 0.219. The van der Waals surface area contributed by atoms with Gasteiger partial charge in [-0.1, -0.05) is 66.2 Å². The molecule has 210 valence electrons. The van der Waals surface area contributed by atoms with Gasteiger partial charge < -0.3 is 14.7 Å². The van der Waals surface area contributed by atoms with Crippen LogP contribution in [0.2, 0.25) is 5.02 Å². The normalized spacial score (nSPS) is 13.9. The Labute approximate surface area is 243 Å². The number of hydrogen-bond donors (Lipinski definition) is 2. The standard InChI is InChI=1S/C32H31ClN4O4/c33-28-20-24(10-12-29(28)38)32(40)35-34-21-25-11-13-30(27-9-5-4-8-26(25)27)41-22-31(39)37-18-16-36(17-19-37)15-14-23-6-2-1-3-7-23/h1-13,20-21,38H,14-19,22H2,(H,35,40). The van der Waals surface area contributed by atoms with Crippen molar-refractivity contribution in [3.05, 3.63) is 107 Å². The van der Waals surface area contributed by atoms with Gasteiger partial charge in [0.15, 0.2) is 6.61 Å². The van der Waals surface area contributed by atoms with Crippen LogP contribution in [0.5, 0.6) is 11.5 Å². The van der Waals surface area contributed by atoms with Crippen LogP contribution >= 0.6 is 11.6 Å². The van der Waals surface area contributed by atoms with Crippen LogP contribution in [0.15, 0.2) is 90.0 Å². The van der Waals surface area contributed by atoms with Crippen molar-refractivity contribution in [1.82, 2.24) is 15.2 Å². The Morgan fingerprint density at radius 1 is 0.927 bits per heavy atom. The minimum atomic E-state index is -0.456. The summed E-state index contributed by atoms with van der Waals surface area (Å²) in [6.07, 6.45) is 2.56. The van der Waals surface area contributed by atoms with E-state index in [1.165, 1.54) is 23.8 Å². The van der Waals surface area contributed by atoms with Gasteiger partial charge in [0, 0.05) is 49.2 Å². The second-order valence-electron chi connectivity index (χ2n) is 9.81. The fourth-order valence-electron chi connectivity index (χ4n) is 4.79. The quantitative estimate of drug-likeness (QED) is 0.224. The summed E-state index contributed by atoms with van der Waals surface area (Å²) in [5.41, 5.74) is 4.85. The van der Waals surface area contributed by atoms with E-state index in [1.807, 2.05) is 41.3 Å². The number of fused-ring (bicyclic) bond motifs is 1. The molecule has 4 aromatic carbocycles. The molecule has 2 N–H and O–H groups in total. The topological polar surface area (TPSA) is 94.5 Å². The van der Waals surface area contributed by atoms with E-state index in [2.05, 4.69) is 39.7 Å². The zero-order valence-corrected chi connectivity index (χ0v) is 23.3. The van der Waals surface area contributed by atoms with Gasteiger partial charge in [0.05, 0.1) is 11.2 Å². The molecule has 1 saturated heterocycles. The molecule has 4 aromatic rings. The number of carbonyl (C=O) groups is 2. The molecule has 0 saturated carbocycles. The van der Waals surface area contributed by atoms with E-state index in [-0.39, 0.29) is 28.8 Å². The monoisotopic (exact) mass is 570 g/mol. The Morgan fingerprint density at radius 2 is 1.66 bits per heavy atom. The number of hydrazone groups is 1. The van der Waals surface area contributed by atoms with E-state index < -0.39 is 5.91 Å². The average Bonchev–Trinajstić information content (AvgIpc) is 3.01. The zero-order valence-electron chi connectivity index (χ0n) is 22.5. The molecule has 2 amide bonds. The van der Waals surface area contributed by atoms with Gasteiger partial charge in [0.2, 0.25) is 0 Å². The first kappa shape index (κ1) is 28.1. The summed E-state index contributed by atoms with van der Waals surface area (Å²) in [5.74, 6) is 0.0251. The van der Waals surface area contributed by atoms with Crippen LogP contribution in [0.3, 0.4) is 0 Å². The summed E-state index contributed by atoms with van der Waals surface area (Å²) in [4.78, 5) is 29.6. The Kier molecular flexibility index (Phi) is 9.13. The van der Waals surface area contributed by atoms with Crippen LogP contribution in [0.1, 0.15) is 21.5 Å². The summed E-state index contributed by atoms with van der Waals surface area (Å²) in [6.45, 7) is 4.04. The predicted molar refractivity (Wildman–Crippen MR) is 161 cm³/mol. The van der Waals surface area contributed by atoms with E-state index in [0.29, 0.717) is 18.8 Å². The van der Waals surface area contributed by atoms with Gasteiger partial charge in [0.1, 0.15) is 11.5 Å². The first-order valence-electron chi connectivity index (χ1n) is 13.5. The van der Waals surface area contributed by atoms with Crippen LogP contribution in [0.4, 0.5) is 0 Å². The summed E-state index contributed by atoms with van der Waals surface area (Å²) < 4.78 is 5.99. The van der Waals surface area contributed by atoms with Crippen molar-refractivity contribution in [2.24, 2.45) is 5.10 Å². The van der Waals surface area contributed by atoms with E-state index >= 15 is 0 Å². The van der Waals surface area contributed by atoms with E-state index in [9.17, 15) is 14.7 Å². The number of aromatic hydroxyl groups is 1. The molecule has 0 spiro atoms. The van der Waals surface area contributed by atoms with Crippen molar-refractivity contribution in [2.75, 3.05) is 39.3 Å². The van der Waals surface area contributed by atoms with Gasteiger partial charge >= 0.3 is 0 Å². The molecule has 0 unspecified atom stereocenters. The Hall–Kier alpha value is -4.40. The molecule has 5 rings (SSSR count). The summed E-state index contributed by atoms with van der Waals surface area (Å²) in [6, 6.07) is 25.9. The molecular formula is C32H31ClN4O4. The largest absolute Gasteiger partial charge is 0.506 e. The number of phenols is 1. The molecule has 41 heavy (non-hydrogen) atoms. The van der Waals surface area contributed by atoms with Crippen molar-refractivity contribution in [3.63, 3.8) is 0 Å². The second-order valence-corrected chi connectivity index (χ2v) is 10.2. The van der Waals surface area contributed by atoms with Crippen molar-refractivity contribution < 1.29 is 19.4 Å². The lowest BCUT2D eigenvalue weighted by atomic mass is 10.0. The number of nitrogens with one attached hydrogen (secondary N) is 1. The third kappa shape index (κ3) is 7.22. The van der Waals surface area contributed by atoms with Crippen molar-refractivity contribution in [1.29, 1.82) is 0 Å². The number of phenolic OH excluding ortho intramolecular Hbond substituents is 1. The van der Waals surface area contributed by atoms with Gasteiger partial charge in [-0.2, -0.15) is 5.10 Å². The first-order chi connectivity index (χ1) is 20.0. The maximum absolute atomic E-state index is 12.9. The van der Waals surface area contributed by atoms with E-state index in [1.54, 1.807) is 12.3 Å². The van der Waals surface area contributed by atoms with Gasteiger partial charge in [-0.25, -0.2) is 5.43 Å². The summed E-state index contributed by atoms with van der Waals surface area (Å²) >= 11 is 5.89. The van der Waals surface area contributed by atoms with Gasteiger partial charge in [0.25, 0.3) is 11.8 Å². The Bertz CT molecular complexity index is 1550. The molecule has 0 aliphatic carbocycles. The highest BCUT2D eigenvalue weighted by molar-refractivity contribution is 6.32. The number of carbonyl (C=O) groups excluding carboxylic acids is 2. The third-order valence-electron chi connectivity index (χ3n) is 7.13. The number of benzene rings is 4. The molecule has 1 heterocycles. The highest BCUT2D eigenvalue weighted by Gasteiger charge is 2.21. The number of amides is 2. The van der Waals surface area contributed by atoms with Crippen LogP contribution in [0.25, 0.3) is 10.8 Å². The highest BCUT2D eigenvalue weighted by Crippen LogP contribution is 2.28. The number of halogens is 1. The molecule has 0 bridgehead atoms. The number of nitrogens with zero attached hydrogens (tertiary/aromatic N) is 3. The van der Waals surface area contributed by atoms with Gasteiger partial charge in [-0.05, 0) is 47.7 Å². The Balaban J connectivity index is 1.15. The molecule has 0 atom stereocenters. The zero-order chi connectivity index (χ0) is 28.6. The average molecular weight is 571 g/mol. The minimum Gasteiger partial charge on any atom is -0.506 e. The van der Waals surface area contributed by atoms with Crippen LogP contribution in [0, 0.1) is 0 Å². The molecule has 1 fully saturated rings. The number of hydrogen-bond acceptors (Lipinski definition) is 6. The molecule has 1 aliphatic rings. The minimum absolute atomic E-state index is 0.0283. The van der Waals surface area contributed by atoms with Gasteiger partial charge in [-0.3, -0.25) is 14.5 Å². The van der Waals surface area contributed by atoms with E-state index in [4.69, 9.17) is 16.3 Å². The number of rotatable bonds is 9. The number of ether oxygens (including phenoxy) is 1. The number of piperazine rings is 1. The van der Waals surface area contributed by atoms with Gasteiger partial charge in [-0.15, -0.1) is 0 Å². The highest BCUT2D eigenvalue weighted by atomic mass is 35.5. The molecule has 9 heteroatoms. The maximum Gasteiger partial charge on any atom is 0.271 e. The molecule has 0 radical (unpaired) electrons. The molecule has 0 aromatic heterocycles. The summed E-state index contributed by atoms with van der Waals surface area (Å²) in [7, 11) is 0. The Morgan fingerprint density at radius 3 is 2.41 bits per heavy atom. The van der Waals surface area contributed by atoms with Crippen molar-refractivity contribution in [3.8, 4) is 11.5 Å². The molecular weight excluding hydrogens is 540 g/mol. The lowest BCUT2D eigenvalue weighted by Gasteiger charge is -2.34. The summed E-state index contributed by atoms with van der Waals surface area (Å²) in [5, 5.41) is 15.4. The first-order valence-corrected chi connectivity index (χ1v) is 13.9. The molecule has 1 aliphatic heterocycles. The van der Waals surface area contributed by atoms with E-state index in [0.717, 1.165) is 42.4 Å². The van der Waals surface area contributed by atoms with Crippen LogP contribution < -0.4 is 10.2 Å². The third-order valence-corrected chi connectivity index (χ3v) is 7.44. The van der Waals surface area contributed by atoms with Crippen LogP contribution in [-0.2, 0) is 11.2 Å². The SMILES string of the molecule is O=C(NN=Cc1ccc(OCC(=O)N2CCN(CCc3ccccc3)CC2)c2ccccc12)c1ccc(O)c(Cl)c1. The lowest BCUT2D eigenvalue weighted by Crippen LogP contribution is -2.50. The maximum atomic E-state index is 12.9. The van der Waals surface area contributed by atoms with Crippen LogP contribution in [-0.4, -0.2) is 72.3 Å². The second kappa shape index (κ2) is 13.3. The van der Waals surface area contributed by atoms with Crippen molar-refractivity contribution in [2.45, 2.75) is 6.42 Å². The molecule has 8 nitrogen and oxygen atoms in total.